The van der Waals surface area contributed by atoms with Gasteiger partial charge in [-0.1, -0.05) is 0 Å². The second-order valence-corrected chi connectivity index (χ2v) is 9.43. The third-order valence-electron chi connectivity index (χ3n) is 5.39. The van der Waals surface area contributed by atoms with E-state index >= 15 is 0 Å². The fourth-order valence-electron chi connectivity index (χ4n) is 4.05. The molecule has 1 unspecified atom stereocenters. The first-order chi connectivity index (χ1) is 13.4. The molecule has 29 heavy (non-hydrogen) atoms. The Morgan fingerprint density at radius 2 is 1.59 bits per heavy atom. The molecular formula is C25H21Cl2NTi. The normalized spacial score (nSPS) is 16.6. The van der Waals surface area contributed by atoms with Crippen LogP contribution in [0.3, 0.4) is 0 Å². The number of allylic oxidation sites excluding steroid dienone is 5. The maximum atomic E-state index is 2.39. The van der Waals surface area contributed by atoms with Crippen LogP contribution in [0, 0.1) is 0 Å². The first-order valence-electron chi connectivity index (χ1n) is 9.51. The summed E-state index contributed by atoms with van der Waals surface area (Å²) in [6, 6.07) is 24.1. The molecule has 0 bridgehead atoms. The summed E-state index contributed by atoms with van der Waals surface area (Å²) in [5.74, 6) is 0. The summed E-state index contributed by atoms with van der Waals surface area (Å²) in [5.41, 5.74) is 7.32. The summed E-state index contributed by atoms with van der Waals surface area (Å²) in [5, 5.41) is 0. The molecule has 0 N–H and O–H groups in total. The summed E-state index contributed by atoms with van der Waals surface area (Å²) in [6.07, 6.45) is 13.7. The van der Waals surface area contributed by atoms with Crippen LogP contribution in [0.25, 0.3) is 11.8 Å². The van der Waals surface area contributed by atoms with Crippen LogP contribution in [0.2, 0.25) is 0 Å². The molecule has 3 aromatic rings. The van der Waals surface area contributed by atoms with E-state index in [1.807, 2.05) is 0 Å². The molecule has 2 aliphatic rings. The molecule has 0 saturated carbocycles. The van der Waals surface area contributed by atoms with Gasteiger partial charge in [-0.05, 0) is 0 Å². The first kappa shape index (κ1) is 21.9. The Morgan fingerprint density at radius 1 is 0.862 bits per heavy atom. The Hall–Kier alpha value is -1.77. The maximum absolute atomic E-state index is 2.39. The number of hydrogen-bond donors (Lipinski definition) is 0. The molecule has 1 aromatic heterocycles. The fraction of sp³-hybridized carbons (Fsp3) is 0.120. The Balaban J connectivity index is 0.00000120. The molecule has 2 aliphatic carbocycles. The number of nitrogens with zero attached hydrogens (tertiary/aromatic N) is 1. The molecule has 0 spiro atoms. The van der Waals surface area contributed by atoms with Gasteiger partial charge in [0.15, 0.2) is 0 Å². The van der Waals surface area contributed by atoms with Gasteiger partial charge in [0, 0.05) is 0 Å². The smallest absolute Gasteiger partial charge is 1.00 e. The summed E-state index contributed by atoms with van der Waals surface area (Å²) in [7, 11) is 0. The van der Waals surface area contributed by atoms with E-state index < -0.39 is 0 Å². The zero-order chi connectivity index (χ0) is 18.1. The quantitative estimate of drug-likeness (QED) is 0.482. The standard InChI is InChI=1S/C13H10N.C12H11.2ClH.Ti/c1-2-6-12-10-13(9-11(12)5-1)14-7-3-4-8-14;1-2-6-11(7-3-1)10-12-8-4-5-9-12;;;/h1-10H;1-4,6-8H,5,10H2;2*1H;/q;;;;+2/p-2. The third kappa shape index (κ3) is 4.54. The fourth-order valence-corrected chi connectivity index (χ4v) is 6.76. The average molecular weight is 454 g/mol. The van der Waals surface area contributed by atoms with Crippen LogP contribution in [-0.2, 0) is 25.6 Å². The van der Waals surface area contributed by atoms with Crippen molar-refractivity contribution in [1.29, 1.82) is 0 Å². The Kier molecular flexibility index (Phi) is 7.43. The summed E-state index contributed by atoms with van der Waals surface area (Å²) >= 11 is -0.295. The van der Waals surface area contributed by atoms with Gasteiger partial charge in [-0.15, -0.1) is 0 Å². The summed E-state index contributed by atoms with van der Waals surface area (Å²) in [6.45, 7) is 0. The zero-order valence-corrected chi connectivity index (χ0v) is 19.0. The third-order valence-corrected chi connectivity index (χ3v) is 8.16. The SMILES string of the molecule is C1=CC(Cc2ccccc2)=[C]([Ti+2][CH]2C(n3cccc3)=Cc3ccccc32)C1.[Cl-].[Cl-]. The topological polar surface area (TPSA) is 4.93 Å². The number of fused-ring (bicyclic) bond motifs is 1. The molecule has 0 aliphatic heterocycles. The molecule has 2 aromatic carbocycles. The van der Waals surface area contributed by atoms with Crippen LogP contribution in [-0.4, -0.2) is 4.57 Å². The second kappa shape index (κ2) is 9.83. The monoisotopic (exact) mass is 453 g/mol. The van der Waals surface area contributed by atoms with Gasteiger partial charge in [0.2, 0.25) is 0 Å². The molecule has 144 valence electrons. The number of benzene rings is 2. The number of halogens is 2. The van der Waals surface area contributed by atoms with Crippen LogP contribution in [0.4, 0.5) is 0 Å². The largest absolute Gasteiger partial charge is 1.00 e. The van der Waals surface area contributed by atoms with Crippen LogP contribution in [0.5, 0.6) is 0 Å². The van der Waals surface area contributed by atoms with Gasteiger partial charge in [0.1, 0.15) is 0 Å². The van der Waals surface area contributed by atoms with Crippen molar-refractivity contribution < 1.29 is 44.0 Å². The minimum Gasteiger partial charge on any atom is -1.00 e. The minimum absolute atomic E-state index is 0. The molecule has 0 saturated heterocycles. The van der Waals surface area contributed by atoms with Crippen molar-refractivity contribution in [2.45, 2.75) is 17.1 Å². The molecule has 0 radical (unpaired) electrons. The van der Waals surface area contributed by atoms with E-state index in [0.29, 0.717) is 4.22 Å². The summed E-state index contributed by atoms with van der Waals surface area (Å²) in [4.78, 5) is 0. The molecule has 0 amide bonds. The van der Waals surface area contributed by atoms with E-state index in [-0.39, 0.29) is 44.0 Å². The molecule has 0 fully saturated rings. The van der Waals surface area contributed by atoms with Gasteiger partial charge in [0.05, 0.1) is 0 Å². The van der Waals surface area contributed by atoms with Crippen molar-refractivity contribution in [2.24, 2.45) is 0 Å². The maximum Gasteiger partial charge on any atom is -1.00 e. The Bertz CT molecular complexity index is 1050. The molecular weight excluding hydrogens is 433 g/mol. The second-order valence-electron chi connectivity index (χ2n) is 7.14. The van der Waals surface area contributed by atoms with Crippen molar-refractivity contribution in [2.75, 3.05) is 0 Å². The molecule has 5 rings (SSSR count). The summed E-state index contributed by atoms with van der Waals surface area (Å²) < 4.78 is 4.57. The van der Waals surface area contributed by atoms with Crippen LogP contribution in [0.1, 0.15) is 27.3 Å². The van der Waals surface area contributed by atoms with Crippen molar-refractivity contribution in [1.82, 2.24) is 4.57 Å². The van der Waals surface area contributed by atoms with Gasteiger partial charge in [-0.25, -0.2) is 0 Å². The molecule has 4 heteroatoms. The van der Waals surface area contributed by atoms with Crippen LogP contribution < -0.4 is 24.8 Å². The number of hydrogen-bond acceptors (Lipinski definition) is 0. The van der Waals surface area contributed by atoms with E-state index in [0.717, 1.165) is 12.8 Å². The van der Waals surface area contributed by atoms with Crippen molar-refractivity contribution in [3.63, 3.8) is 0 Å². The van der Waals surface area contributed by atoms with E-state index in [4.69, 9.17) is 0 Å². The predicted molar refractivity (Wildman–Crippen MR) is 109 cm³/mol. The van der Waals surface area contributed by atoms with Crippen molar-refractivity contribution in [3.05, 3.63) is 117 Å². The molecule has 1 heterocycles. The Morgan fingerprint density at radius 3 is 2.38 bits per heavy atom. The Labute approximate surface area is 194 Å². The predicted octanol–water partition coefficient (Wildman–Crippen LogP) is 0.0881. The van der Waals surface area contributed by atoms with Crippen LogP contribution in [0.15, 0.2) is 101 Å². The van der Waals surface area contributed by atoms with Gasteiger partial charge in [-0.2, -0.15) is 0 Å². The van der Waals surface area contributed by atoms with Gasteiger partial charge < -0.3 is 24.8 Å². The van der Waals surface area contributed by atoms with Crippen LogP contribution >= 0.6 is 0 Å². The molecule has 1 atom stereocenters. The van der Waals surface area contributed by atoms with E-state index in [1.54, 1.807) is 9.45 Å². The van der Waals surface area contributed by atoms with E-state index in [9.17, 15) is 0 Å². The van der Waals surface area contributed by atoms with E-state index in [2.05, 4.69) is 102 Å². The number of rotatable bonds is 5. The minimum atomic E-state index is -0.295. The van der Waals surface area contributed by atoms with Gasteiger partial charge in [0.25, 0.3) is 0 Å². The number of aromatic nitrogens is 1. The zero-order valence-electron chi connectivity index (χ0n) is 15.9. The van der Waals surface area contributed by atoms with Crippen molar-refractivity contribution >= 4 is 11.8 Å². The van der Waals surface area contributed by atoms with Gasteiger partial charge in [-0.3, -0.25) is 0 Å². The van der Waals surface area contributed by atoms with Gasteiger partial charge >= 0.3 is 170 Å². The van der Waals surface area contributed by atoms with E-state index in [1.165, 1.54) is 22.4 Å². The molecule has 1 nitrogen and oxygen atoms in total. The first-order valence-corrected chi connectivity index (χ1v) is 11.2. The van der Waals surface area contributed by atoms with Crippen molar-refractivity contribution in [3.8, 4) is 0 Å². The average Bonchev–Trinajstić information content (AvgIpc) is 3.44.